The largest absolute Gasteiger partial charge is 0.480 e. The molecule has 0 heterocycles. The summed E-state index contributed by atoms with van der Waals surface area (Å²) in [6.07, 6.45) is 9.89. The van der Waals surface area contributed by atoms with Gasteiger partial charge < -0.3 is 5.11 Å². The van der Waals surface area contributed by atoms with Crippen molar-refractivity contribution in [3.05, 3.63) is 0 Å². The summed E-state index contributed by atoms with van der Waals surface area (Å²) in [7, 11) is 0. The zero-order valence-corrected chi connectivity index (χ0v) is 9.28. The highest BCUT2D eigenvalue weighted by molar-refractivity contribution is 5.69. The van der Waals surface area contributed by atoms with E-state index in [2.05, 4.69) is 12.8 Å². The van der Waals surface area contributed by atoms with Crippen LogP contribution in [0.25, 0.3) is 0 Å². The lowest BCUT2D eigenvalue weighted by atomic mass is 9.99. The summed E-state index contributed by atoms with van der Waals surface area (Å²) in [5.41, 5.74) is 0. The monoisotopic (exact) mass is 209 g/mol. The van der Waals surface area contributed by atoms with Crippen LogP contribution in [0.15, 0.2) is 0 Å². The maximum atomic E-state index is 10.7. The lowest BCUT2D eigenvalue weighted by Gasteiger charge is -2.29. The molecule has 1 aliphatic carbocycles. The van der Waals surface area contributed by atoms with Crippen molar-refractivity contribution in [1.82, 2.24) is 4.90 Å². The second-order valence-corrected chi connectivity index (χ2v) is 4.17. The second-order valence-electron chi connectivity index (χ2n) is 4.17. The lowest BCUT2D eigenvalue weighted by Crippen LogP contribution is -2.41. The molecule has 1 aliphatic rings. The molecular weight excluding hydrogens is 190 g/mol. The van der Waals surface area contributed by atoms with Crippen LogP contribution in [0, 0.1) is 18.3 Å². The van der Waals surface area contributed by atoms with Gasteiger partial charge in [0.25, 0.3) is 0 Å². The first-order valence-electron chi connectivity index (χ1n) is 5.58. The Morgan fingerprint density at radius 1 is 1.60 bits per heavy atom. The Bertz CT molecular complexity index is 257. The Kier molecular flexibility index (Phi) is 4.64. The van der Waals surface area contributed by atoms with E-state index in [1.54, 1.807) is 0 Å². The fraction of sp³-hybridized carbons (Fsp3) is 0.750. The highest BCUT2D eigenvalue weighted by Gasteiger charge is 2.31. The fourth-order valence-corrected chi connectivity index (χ4v) is 2.56. The SMILES string of the molecule is C#CCN(CC(=O)O)C1CCCC1CC. The maximum absolute atomic E-state index is 10.7. The number of hydrogen-bond acceptors (Lipinski definition) is 2. The summed E-state index contributed by atoms with van der Waals surface area (Å²) in [6, 6.07) is 0.377. The molecule has 0 bridgehead atoms. The zero-order chi connectivity index (χ0) is 11.3. The van der Waals surface area contributed by atoms with Gasteiger partial charge in [0.05, 0.1) is 13.1 Å². The summed E-state index contributed by atoms with van der Waals surface area (Å²) in [5.74, 6) is 2.39. The molecule has 1 rings (SSSR count). The molecule has 0 radical (unpaired) electrons. The van der Waals surface area contributed by atoms with Gasteiger partial charge in [0.1, 0.15) is 0 Å². The van der Waals surface area contributed by atoms with Crippen LogP contribution in [0.1, 0.15) is 32.6 Å². The van der Waals surface area contributed by atoms with E-state index in [0.717, 1.165) is 12.8 Å². The van der Waals surface area contributed by atoms with E-state index >= 15 is 0 Å². The van der Waals surface area contributed by atoms with Crippen molar-refractivity contribution < 1.29 is 9.90 Å². The predicted molar refractivity (Wildman–Crippen MR) is 59.5 cm³/mol. The van der Waals surface area contributed by atoms with Crippen molar-refractivity contribution in [2.75, 3.05) is 13.1 Å². The fourth-order valence-electron chi connectivity index (χ4n) is 2.56. The van der Waals surface area contributed by atoms with Crippen LogP contribution in [0.4, 0.5) is 0 Å². The average Bonchev–Trinajstić information content (AvgIpc) is 2.64. The van der Waals surface area contributed by atoms with E-state index in [9.17, 15) is 4.79 Å². The Balaban J connectivity index is 2.61. The maximum Gasteiger partial charge on any atom is 0.317 e. The van der Waals surface area contributed by atoms with Gasteiger partial charge in [-0.15, -0.1) is 6.42 Å². The molecule has 1 fully saturated rings. The van der Waals surface area contributed by atoms with E-state index < -0.39 is 5.97 Å². The van der Waals surface area contributed by atoms with Crippen LogP contribution >= 0.6 is 0 Å². The van der Waals surface area contributed by atoms with Gasteiger partial charge >= 0.3 is 5.97 Å². The molecule has 0 spiro atoms. The van der Waals surface area contributed by atoms with Gasteiger partial charge in [0, 0.05) is 6.04 Å². The molecule has 3 heteroatoms. The third-order valence-corrected chi connectivity index (χ3v) is 3.25. The first-order chi connectivity index (χ1) is 7.19. The number of nitrogens with zero attached hydrogens (tertiary/aromatic N) is 1. The van der Waals surface area contributed by atoms with Crippen molar-refractivity contribution in [1.29, 1.82) is 0 Å². The molecule has 1 N–H and O–H groups in total. The predicted octanol–water partition coefficient (Wildman–Crippen LogP) is 1.58. The number of hydrogen-bond donors (Lipinski definition) is 1. The van der Waals surface area contributed by atoms with Gasteiger partial charge in [0.15, 0.2) is 0 Å². The molecule has 3 nitrogen and oxygen atoms in total. The molecule has 0 amide bonds. The molecule has 0 saturated heterocycles. The standard InChI is InChI=1S/C12H19NO2/c1-3-8-13(9-12(14)15)11-7-5-6-10(11)4-2/h1,10-11H,4-9H2,2H3,(H,14,15). The molecule has 2 atom stereocenters. The molecule has 0 aromatic rings. The van der Waals surface area contributed by atoms with Crippen molar-refractivity contribution >= 4 is 5.97 Å². The molecule has 0 aliphatic heterocycles. The van der Waals surface area contributed by atoms with Gasteiger partial charge in [0.2, 0.25) is 0 Å². The van der Waals surface area contributed by atoms with E-state index in [4.69, 9.17) is 11.5 Å². The highest BCUT2D eigenvalue weighted by Crippen LogP contribution is 2.31. The lowest BCUT2D eigenvalue weighted by molar-refractivity contribution is -0.138. The first kappa shape index (κ1) is 12.1. The topological polar surface area (TPSA) is 40.5 Å². The number of carboxylic acids is 1. The van der Waals surface area contributed by atoms with Crippen LogP contribution in [-0.2, 0) is 4.79 Å². The van der Waals surface area contributed by atoms with Crippen molar-refractivity contribution in [2.24, 2.45) is 5.92 Å². The number of rotatable bonds is 5. The Hall–Kier alpha value is -1.01. The number of aliphatic carboxylic acids is 1. The Labute approximate surface area is 91.5 Å². The van der Waals surface area contributed by atoms with E-state index in [-0.39, 0.29) is 6.54 Å². The minimum Gasteiger partial charge on any atom is -0.480 e. The minimum absolute atomic E-state index is 0.0748. The molecule has 2 unspecified atom stereocenters. The minimum atomic E-state index is -0.785. The summed E-state index contributed by atoms with van der Waals surface area (Å²) < 4.78 is 0. The van der Waals surface area contributed by atoms with Gasteiger partial charge in [-0.2, -0.15) is 0 Å². The zero-order valence-electron chi connectivity index (χ0n) is 9.28. The average molecular weight is 209 g/mol. The summed E-state index contributed by atoms with van der Waals surface area (Å²) in [6.45, 7) is 2.69. The normalized spacial score (nSPS) is 25.4. The number of carbonyl (C=O) groups is 1. The van der Waals surface area contributed by atoms with Crippen LogP contribution in [0.5, 0.6) is 0 Å². The van der Waals surface area contributed by atoms with E-state index in [1.165, 1.54) is 12.8 Å². The third kappa shape index (κ3) is 3.24. The van der Waals surface area contributed by atoms with Crippen molar-refractivity contribution in [2.45, 2.75) is 38.6 Å². The highest BCUT2D eigenvalue weighted by atomic mass is 16.4. The summed E-state index contributed by atoms with van der Waals surface area (Å²) >= 11 is 0. The van der Waals surface area contributed by atoms with Crippen LogP contribution in [0.3, 0.4) is 0 Å². The van der Waals surface area contributed by atoms with Gasteiger partial charge in [-0.25, -0.2) is 0 Å². The number of terminal acetylenes is 1. The van der Waals surface area contributed by atoms with Crippen LogP contribution in [-0.4, -0.2) is 35.1 Å². The van der Waals surface area contributed by atoms with Gasteiger partial charge in [-0.3, -0.25) is 9.69 Å². The van der Waals surface area contributed by atoms with Gasteiger partial charge in [-0.05, 0) is 18.8 Å². The molecule has 1 saturated carbocycles. The molecular formula is C12H19NO2. The molecule has 0 aromatic carbocycles. The van der Waals surface area contributed by atoms with Crippen LogP contribution < -0.4 is 0 Å². The quantitative estimate of drug-likeness (QED) is 0.699. The summed E-state index contributed by atoms with van der Waals surface area (Å²) in [5, 5.41) is 8.82. The molecule has 0 aromatic heterocycles. The van der Waals surface area contributed by atoms with E-state index in [0.29, 0.717) is 18.5 Å². The third-order valence-electron chi connectivity index (χ3n) is 3.25. The van der Waals surface area contributed by atoms with Crippen LogP contribution in [0.2, 0.25) is 0 Å². The summed E-state index contributed by atoms with van der Waals surface area (Å²) in [4.78, 5) is 12.7. The molecule has 84 valence electrons. The van der Waals surface area contributed by atoms with Crippen molar-refractivity contribution in [3.8, 4) is 12.3 Å². The smallest absolute Gasteiger partial charge is 0.317 e. The Morgan fingerprint density at radius 3 is 2.87 bits per heavy atom. The van der Waals surface area contributed by atoms with Crippen molar-refractivity contribution in [3.63, 3.8) is 0 Å². The second kappa shape index (κ2) is 5.77. The first-order valence-corrected chi connectivity index (χ1v) is 5.58. The Morgan fingerprint density at radius 2 is 2.33 bits per heavy atom. The number of carboxylic acid groups (broad SMARTS) is 1. The molecule has 15 heavy (non-hydrogen) atoms. The van der Waals surface area contributed by atoms with E-state index in [1.807, 2.05) is 4.90 Å². The van der Waals surface area contributed by atoms with Gasteiger partial charge in [-0.1, -0.05) is 25.7 Å².